The van der Waals surface area contributed by atoms with Crippen molar-refractivity contribution in [3.8, 4) is 0 Å². The van der Waals surface area contributed by atoms with Crippen LogP contribution in [0.25, 0.3) is 10.8 Å². The number of rotatable bonds is 1. The van der Waals surface area contributed by atoms with Gasteiger partial charge in [0.25, 0.3) is 0 Å². The maximum absolute atomic E-state index is 5.36. The number of aryl methyl sites for hydroxylation is 2. The minimum Gasteiger partial charge on any atom is -0.378 e. The molecule has 1 aliphatic heterocycles. The number of aromatic nitrogens is 3. The normalized spacial score (nSPS) is 16.2. The van der Waals surface area contributed by atoms with Crippen LogP contribution in [0.3, 0.4) is 0 Å². The van der Waals surface area contributed by atoms with E-state index in [4.69, 9.17) is 4.74 Å². The van der Waals surface area contributed by atoms with Gasteiger partial charge in [0.2, 0.25) is 0 Å². The number of hydrogen-bond donors (Lipinski definition) is 0. The summed E-state index contributed by atoms with van der Waals surface area (Å²) < 4.78 is 5.36. The van der Waals surface area contributed by atoms with Gasteiger partial charge in [-0.2, -0.15) is 10.2 Å². The third-order valence-corrected chi connectivity index (χ3v) is 3.35. The first-order chi connectivity index (χ1) is 8.75. The van der Waals surface area contributed by atoms with E-state index in [1.165, 1.54) is 0 Å². The Morgan fingerprint density at radius 2 is 1.72 bits per heavy atom. The second-order valence-corrected chi connectivity index (χ2v) is 4.56. The Hall–Kier alpha value is -1.75. The molecule has 0 aliphatic carbocycles. The number of morpholine rings is 1. The smallest absolute Gasteiger partial charge is 0.129 e. The number of hydrogen-bond acceptors (Lipinski definition) is 5. The fourth-order valence-electron chi connectivity index (χ4n) is 2.26. The lowest BCUT2D eigenvalue weighted by Crippen LogP contribution is -2.36. The zero-order valence-electron chi connectivity index (χ0n) is 10.7. The molecule has 94 valence electrons. The highest BCUT2D eigenvalue weighted by atomic mass is 16.5. The van der Waals surface area contributed by atoms with Crippen LogP contribution >= 0.6 is 0 Å². The van der Waals surface area contributed by atoms with Gasteiger partial charge >= 0.3 is 0 Å². The third kappa shape index (κ3) is 1.90. The van der Waals surface area contributed by atoms with Crippen LogP contribution in [-0.4, -0.2) is 41.5 Å². The Kier molecular flexibility index (Phi) is 2.83. The predicted octanol–water partition coefficient (Wildman–Crippen LogP) is 1.48. The molecule has 3 rings (SSSR count). The average molecular weight is 244 g/mol. The highest BCUT2D eigenvalue weighted by molar-refractivity contribution is 5.87. The predicted molar refractivity (Wildman–Crippen MR) is 69.8 cm³/mol. The Morgan fingerprint density at radius 3 is 2.44 bits per heavy atom. The summed E-state index contributed by atoms with van der Waals surface area (Å²) in [6.45, 7) is 7.28. The van der Waals surface area contributed by atoms with Crippen LogP contribution < -0.4 is 4.90 Å². The topological polar surface area (TPSA) is 51.1 Å². The standard InChI is InChI=1S/C13H16N4O/c1-9-11-7-13(17-3-5-18-6-4-17)14-8-12(11)10(2)16-15-9/h7-8H,3-6H2,1-2H3. The maximum Gasteiger partial charge on any atom is 0.129 e. The molecule has 2 aromatic rings. The van der Waals surface area contributed by atoms with Gasteiger partial charge in [-0.3, -0.25) is 0 Å². The van der Waals surface area contributed by atoms with E-state index in [1.54, 1.807) is 0 Å². The lowest BCUT2D eigenvalue weighted by atomic mass is 10.1. The van der Waals surface area contributed by atoms with Crippen molar-refractivity contribution in [3.63, 3.8) is 0 Å². The molecule has 0 spiro atoms. The molecule has 0 saturated carbocycles. The van der Waals surface area contributed by atoms with E-state index in [-0.39, 0.29) is 0 Å². The second kappa shape index (κ2) is 4.49. The molecular formula is C13H16N4O. The summed E-state index contributed by atoms with van der Waals surface area (Å²) in [6.07, 6.45) is 1.90. The molecule has 0 amide bonds. The van der Waals surface area contributed by atoms with Gasteiger partial charge in [-0.25, -0.2) is 4.98 Å². The van der Waals surface area contributed by atoms with E-state index in [1.807, 2.05) is 20.0 Å². The van der Waals surface area contributed by atoms with Gasteiger partial charge in [-0.15, -0.1) is 0 Å². The molecule has 5 heteroatoms. The molecule has 1 fully saturated rings. The number of fused-ring (bicyclic) bond motifs is 1. The van der Waals surface area contributed by atoms with Crippen molar-refractivity contribution in [2.75, 3.05) is 31.2 Å². The van der Waals surface area contributed by atoms with Crippen LogP contribution in [0.1, 0.15) is 11.4 Å². The molecule has 0 atom stereocenters. The lowest BCUT2D eigenvalue weighted by molar-refractivity contribution is 0.122. The van der Waals surface area contributed by atoms with Crippen molar-refractivity contribution in [3.05, 3.63) is 23.7 Å². The first-order valence-electron chi connectivity index (χ1n) is 6.18. The van der Waals surface area contributed by atoms with Gasteiger partial charge in [-0.05, 0) is 19.9 Å². The Labute approximate surface area is 106 Å². The highest BCUT2D eigenvalue weighted by Gasteiger charge is 2.14. The number of ether oxygens (including phenoxy) is 1. The molecule has 3 heterocycles. The van der Waals surface area contributed by atoms with Gasteiger partial charge in [0.05, 0.1) is 24.6 Å². The van der Waals surface area contributed by atoms with Gasteiger partial charge in [0.1, 0.15) is 5.82 Å². The SMILES string of the molecule is Cc1nnc(C)c2cc(N3CCOCC3)ncc12. The molecule has 0 unspecified atom stereocenters. The monoisotopic (exact) mass is 244 g/mol. The zero-order valence-corrected chi connectivity index (χ0v) is 10.7. The van der Waals surface area contributed by atoms with E-state index in [9.17, 15) is 0 Å². The van der Waals surface area contributed by atoms with E-state index in [0.29, 0.717) is 0 Å². The molecular weight excluding hydrogens is 228 g/mol. The molecule has 1 aliphatic rings. The third-order valence-electron chi connectivity index (χ3n) is 3.35. The molecule has 0 aromatic carbocycles. The lowest BCUT2D eigenvalue weighted by Gasteiger charge is -2.28. The summed E-state index contributed by atoms with van der Waals surface area (Å²) in [6, 6.07) is 2.11. The fourth-order valence-corrected chi connectivity index (χ4v) is 2.26. The highest BCUT2D eigenvalue weighted by Crippen LogP contribution is 2.23. The van der Waals surface area contributed by atoms with Gasteiger partial charge < -0.3 is 9.64 Å². The Balaban J connectivity index is 2.07. The molecule has 1 saturated heterocycles. The second-order valence-electron chi connectivity index (χ2n) is 4.56. The van der Waals surface area contributed by atoms with Crippen molar-refractivity contribution < 1.29 is 4.74 Å². The van der Waals surface area contributed by atoms with Crippen molar-refractivity contribution >= 4 is 16.6 Å². The summed E-state index contributed by atoms with van der Waals surface area (Å²) in [4.78, 5) is 6.78. The van der Waals surface area contributed by atoms with Crippen LogP contribution in [0.2, 0.25) is 0 Å². The minimum absolute atomic E-state index is 0.770. The van der Waals surface area contributed by atoms with Crippen LogP contribution in [0.4, 0.5) is 5.82 Å². The zero-order chi connectivity index (χ0) is 12.5. The van der Waals surface area contributed by atoms with Crippen molar-refractivity contribution in [2.45, 2.75) is 13.8 Å². The summed E-state index contributed by atoms with van der Waals surface area (Å²) in [5.74, 6) is 1.00. The van der Waals surface area contributed by atoms with Gasteiger partial charge in [-0.1, -0.05) is 0 Å². The minimum atomic E-state index is 0.770. The van der Waals surface area contributed by atoms with Crippen molar-refractivity contribution in [1.82, 2.24) is 15.2 Å². The summed E-state index contributed by atoms with van der Waals surface area (Å²) in [7, 11) is 0. The number of nitrogens with zero attached hydrogens (tertiary/aromatic N) is 4. The average Bonchev–Trinajstić information content (AvgIpc) is 2.44. The molecule has 5 nitrogen and oxygen atoms in total. The van der Waals surface area contributed by atoms with Crippen molar-refractivity contribution in [1.29, 1.82) is 0 Å². The van der Waals surface area contributed by atoms with Crippen LogP contribution in [0.15, 0.2) is 12.3 Å². The van der Waals surface area contributed by atoms with E-state index < -0.39 is 0 Å². The Morgan fingerprint density at radius 1 is 1.06 bits per heavy atom. The van der Waals surface area contributed by atoms with Crippen LogP contribution in [-0.2, 0) is 4.74 Å². The summed E-state index contributed by atoms with van der Waals surface area (Å²) in [5, 5.41) is 10.5. The first-order valence-corrected chi connectivity index (χ1v) is 6.18. The first kappa shape index (κ1) is 11.3. The number of anilines is 1. The molecule has 0 N–H and O–H groups in total. The van der Waals surface area contributed by atoms with Crippen LogP contribution in [0, 0.1) is 13.8 Å². The molecule has 0 bridgehead atoms. The Bertz CT molecular complexity index is 578. The van der Waals surface area contributed by atoms with Crippen LogP contribution in [0.5, 0.6) is 0 Å². The van der Waals surface area contributed by atoms with Gasteiger partial charge in [0.15, 0.2) is 0 Å². The summed E-state index contributed by atoms with van der Waals surface area (Å²) >= 11 is 0. The van der Waals surface area contributed by atoms with E-state index >= 15 is 0 Å². The fraction of sp³-hybridized carbons (Fsp3) is 0.462. The molecule has 18 heavy (non-hydrogen) atoms. The van der Waals surface area contributed by atoms with Gasteiger partial charge in [0, 0.05) is 30.1 Å². The summed E-state index contributed by atoms with van der Waals surface area (Å²) in [5.41, 5.74) is 1.88. The van der Waals surface area contributed by atoms with E-state index in [0.717, 1.165) is 54.3 Å². The quantitative estimate of drug-likeness (QED) is 0.760. The molecule has 0 radical (unpaired) electrons. The maximum atomic E-state index is 5.36. The van der Waals surface area contributed by atoms with E-state index in [2.05, 4.69) is 26.1 Å². The largest absolute Gasteiger partial charge is 0.378 e. The number of pyridine rings is 1. The van der Waals surface area contributed by atoms with Crippen molar-refractivity contribution in [2.24, 2.45) is 0 Å². The molecule has 2 aromatic heterocycles.